The van der Waals surface area contributed by atoms with E-state index in [2.05, 4.69) is 15.5 Å². The van der Waals surface area contributed by atoms with Crippen LogP contribution in [0.2, 0.25) is 0 Å². The van der Waals surface area contributed by atoms with Crippen LogP contribution in [0, 0.1) is 6.92 Å². The first-order chi connectivity index (χ1) is 12.9. The van der Waals surface area contributed by atoms with E-state index in [1.165, 1.54) is 21.1 Å². The number of nitrogens with two attached hydrogens (primary N) is 1. The second-order valence-corrected chi connectivity index (χ2v) is 6.84. The Morgan fingerprint density at radius 3 is 2.59 bits per heavy atom. The summed E-state index contributed by atoms with van der Waals surface area (Å²) in [5, 5.41) is 11.1. The second kappa shape index (κ2) is 7.70. The molecule has 0 atom stereocenters. The normalized spacial score (nSPS) is 10.9. The van der Waals surface area contributed by atoms with Gasteiger partial charge in [-0.25, -0.2) is 9.36 Å². The number of aryl methyl sites for hydroxylation is 1. The lowest BCUT2D eigenvalue weighted by atomic mass is 10.3. The van der Waals surface area contributed by atoms with E-state index in [9.17, 15) is 9.59 Å². The van der Waals surface area contributed by atoms with Crippen molar-refractivity contribution in [2.75, 3.05) is 16.9 Å². The lowest BCUT2D eigenvalue weighted by Crippen LogP contribution is -2.23. The van der Waals surface area contributed by atoms with Crippen LogP contribution in [-0.2, 0) is 18.3 Å². The zero-order chi connectivity index (χ0) is 19.6. The SMILES string of the molecule is CCc1nnc(SCC(=O)Nc2c(C)n(C)n(-c3ccccc3)c2=O)n1N. The first-order valence-electron chi connectivity index (χ1n) is 8.40. The van der Waals surface area contributed by atoms with Crippen molar-refractivity contribution in [1.82, 2.24) is 24.2 Å². The van der Waals surface area contributed by atoms with E-state index < -0.39 is 0 Å². The molecule has 3 rings (SSSR count). The van der Waals surface area contributed by atoms with Gasteiger partial charge >= 0.3 is 0 Å². The molecule has 0 bridgehead atoms. The minimum Gasteiger partial charge on any atom is -0.336 e. The molecule has 0 saturated carbocycles. The molecule has 0 saturated heterocycles. The van der Waals surface area contributed by atoms with Crippen LogP contribution in [0.25, 0.3) is 5.69 Å². The molecule has 27 heavy (non-hydrogen) atoms. The molecule has 142 valence electrons. The minimum absolute atomic E-state index is 0.0676. The molecular weight excluding hydrogens is 366 g/mol. The van der Waals surface area contributed by atoms with Crippen LogP contribution in [0.3, 0.4) is 0 Å². The predicted molar refractivity (Wildman–Crippen MR) is 105 cm³/mol. The molecule has 1 amide bonds. The van der Waals surface area contributed by atoms with Crippen molar-refractivity contribution in [3.05, 3.63) is 52.2 Å². The van der Waals surface area contributed by atoms with E-state index in [0.717, 1.165) is 5.69 Å². The molecule has 0 aliphatic heterocycles. The maximum absolute atomic E-state index is 12.8. The molecule has 0 fully saturated rings. The fraction of sp³-hybridized carbons (Fsp3) is 0.294. The number of carbonyl (C=O) groups is 1. The van der Waals surface area contributed by atoms with Crippen molar-refractivity contribution < 1.29 is 4.79 Å². The third kappa shape index (κ3) is 3.61. The summed E-state index contributed by atoms with van der Waals surface area (Å²) in [7, 11) is 1.78. The van der Waals surface area contributed by atoms with Crippen LogP contribution in [0.5, 0.6) is 0 Å². The monoisotopic (exact) mass is 387 g/mol. The molecule has 1 aromatic carbocycles. The highest BCUT2D eigenvalue weighted by Crippen LogP contribution is 2.17. The lowest BCUT2D eigenvalue weighted by molar-refractivity contribution is -0.113. The smallest absolute Gasteiger partial charge is 0.295 e. The Balaban J connectivity index is 1.76. The van der Waals surface area contributed by atoms with Crippen molar-refractivity contribution in [1.29, 1.82) is 0 Å². The minimum atomic E-state index is -0.313. The summed E-state index contributed by atoms with van der Waals surface area (Å²) in [6.07, 6.45) is 0.651. The predicted octanol–water partition coefficient (Wildman–Crippen LogP) is 1.08. The molecule has 0 spiro atoms. The Kier molecular flexibility index (Phi) is 5.36. The van der Waals surface area contributed by atoms with Gasteiger partial charge in [0.2, 0.25) is 11.1 Å². The highest BCUT2D eigenvalue weighted by Gasteiger charge is 2.19. The summed E-state index contributed by atoms with van der Waals surface area (Å²) >= 11 is 1.17. The van der Waals surface area contributed by atoms with Crippen molar-refractivity contribution in [3.8, 4) is 5.69 Å². The second-order valence-electron chi connectivity index (χ2n) is 5.90. The molecule has 2 aromatic heterocycles. The van der Waals surface area contributed by atoms with E-state index in [1.807, 2.05) is 37.3 Å². The molecule has 9 nitrogen and oxygen atoms in total. The van der Waals surface area contributed by atoms with Crippen molar-refractivity contribution in [2.45, 2.75) is 25.4 Å². The maximum atomic E-state index is 12.8. The van der Waals surface area contributed by atoms with Crippen molar-refractivity contribution in [2.24, 2.45) is 7.05 Å². The third-order valence-corrected chi connectivity index (χ3v) is 5.15. The van der Waals surface area contributed by atoms with Gasteiger partial charge in [0.05, 0.1) is 17.1 Å². The highest BCUT2D eigenvalue weighted by molar-refractivity contribution is 7.99. The number of para-hydroxylation sites is 1. The van der Waals surface area contributed by atoms with Crippen molar-refractivity contribution in [3.63, 3.8) is 0 Å². The number of amides is 1. The standard InChI is InChI=1S/C17H21N7O2S/c1-4-13-20-21-17(23(13)18)27-10-14(25)19-15-11(2)22(3)24(16(15)26)12-8-6-5-7-9-12/h5-9H,4,10,18H2,1-3H3,(H,19,25). The summed E-state index contributed by atoms with van der Waals surface area (Å²) in [6, 6.07) is 9.26. The number of anilines is 1. The Morgan fingerprint density at radius 2 is 1.96 bits per heavy atom. The van der Waals surface area contributed by atoms with Gasteiger partial charge in [0.15, 0.2) is 5.82 Å². The van der Waals surface area contributed by atoms with Gasteiger partial charge in [0, 0.05) is 13.5 Å². The van der Waals surface area contributed by atoms with Gasteiger partial charge < -0.3 is 11.2 Å². The van der Waals surface area contributed by atoms with Gasteiger partial charge in [-0.15, -0.1) is 10.2 Å². The first-order valence-corrected chi connectivity index (χ1v) is 9.38. The molecule has 3 N–H and O–H groups in total. The van der Waals surface area contributed by atoms with Gasteiger partial charge in [-0.05, 0) is 19.1 Å². The average molecular weight is 387 g/mol. The Morgan fingerprint density at radius 1 is 1.26 bits per heavy atom. The van der Waals surface area contributed by atoms with Gasteiger partial charge in [0.1, 0.15) is 5.69 Å². The number of benzene rings is 1. The van der Waals surface area contributed by atoms with Gasteiger partial charge in [-0.3, -0.25) is 14.3 Å². The van der Waals surface area contributed by atoms with Crippen LogP contribution in [0.1, 0.15) is 18.4 Å². The van der Waals surface area contributed by atoms with Crippen LogP contribution >= 0.6 is 11.8 Å². The number of hydrogen-bond acceptors (Lipinski definition) is 6. The average Bonchev–Trinajstić information content (AvgIpc) is 3.13. The van der Waals surface area contributed by atoms with Crippen molar-refractivity contribution >= 4 is 23.4 Å². The van der Waals surface area contributed by atoms with E-state index in [0.29, 0.717) is 23.1 Å². The van der Waals surface area contributed by atoms with Gasteiger partial charge in [-0.2, -0.15) is 0 Å². The van der Waals surface area contributed by atoms with E-state index in [-0.39, 0.29) is 22.9 Å². The molecule has 0 unspecified atom stereocenters. The van der Waals surface area contributed by atoms with Crippen LogP contribution < -0.4 is 16.7 Å². The zero-order valence-corrected chi connectivity index (χ0v) is 16.2. The fourth-order valence-corrected chi connectivity index (χ4v) is 3.34. The van der Waals surface area contributed by atoms with E-state index in [4.69, 9.17) is 5.84 Å². The number of nitrogens with one attached hydrogen (secondary N) is 1. The Labute approximate surface area is 160 Å². The number of nitrogen functional groups attached to an aromatic ring is 1. The van der Waals surface area contributed by atoms with Gasteiger partial charge in [0.25, 0.3) is 5.56 Å². The molecule has 0 aliphatic rings. The van der Waals surface area contributed by atoms with E-state index >= 15 is 0 Å². The quantitative estimate of drug-likeness (QED) is 0.483. The number of nitrogens with zero attached hydrogens (tertiary/aromatic N) is 5. The topological polar surface area (TPSA) is 113 Å². The van der Waals surface area contributed by atoms with E-state index in [1.54, 1.807) is 18.7 Å². The molecule has 0 aliphatic carbocycles. The molecular formula is C17H21N7O2S. The maximum Gasteiger partial charge on any atom is 0.295 e. The first kappa shape index (κ1) is 18.8. The number of carbonyl (C=O) groups excluding carboxylic acids is 1. The van der Waals surface area contributed by atoms with Crippen LogP contribution in [0.4, 0.5) is 5.69 Å². The largest absolute Gasteiger partial charge is 0.336 e. The van der Waals surface area contributed by atoms with Gasteiger partial charge in [-0.1, -0.05) is 36.9 Å². The number of hydrogen-bond donors (Lipinski definition) is 2. The number of aromatic nitrogens is 5. The molecule has 0 radical (unpaired) electrons. The van der Waals surface area contributed by atoms with Crippen LogP contribution in [0.15, 0.2) is 40.3 Å². The number of rotatable bonds is 6. The summed E-state index contributed by atoms with van der Waals surface area (Å²) < 4.78 is 4.60. The zero-order valence-electron chi connectivity index (χ0n) is 15.3. The summed E-state index contributed by atoms with van der Waals surface area (Å²) in [5.41, 5.74) is 1.37. The lowest BCUT2D eigenvalue weighted by Gasteiger charge is -2.07. The number of thioether (sulfide) groups is 1. The summed E-state index contributed by atoms with van der Waals surface area (Å²) in [6.45, 7) is 3.71. The molecule has 3 aromatic rings. The fourth-order valence-electron chi connectivity index (χ4n) is 2.66. The summed E-state index contributed by atoms with van der Waals surface area (Å²) in [4.78, 5) is 25.1. The third-order valence-electron chi connectivity index (χ3n) is 4.20. The highest BCUT2D eigenvalue weighted by atomic mass is 32.2. The van der Waals surface area contributed by atoms with Crippen LogP contribution in [-0.4, -0.2) is 35.9 Å². The summed E-state index contributed by atoms with van der Waals surface area (Å²) in [5.74, 6) is 6.27. The molecule has 10 heteroatoms. The molecule has 2 heterocycles. The Bertz CT molecular complexity index is 1020. The Hall–Kier alpha value is -3.01.